The van der Waals surface area contributed by atoms with E-state index in [9.17, 15) is 13.9 Å². The zero-order valence-corrected chi connectivity index (χ0v) is 17.0. The second-order valence-corrected chi connectivity index (χ2v) is 8.90. The Kier molecular flexibility index (Phi) is 6.41. The smallest absolute Gasteiger partial charge is 0.250 e. The Morgan fingerprint density at radius 1 is 1.21 bits per heavy atom. The normalized spacial score (nSPS) is 30.7. The van der Waals surface area contributed by atoms with Gasteiger partial charge in [-0.25, -0.2) is 8.78 Å². The lowest BCUT2D eigenvalue weighted by Gasteiger charge is -2.43. The lowest BCUT2D eigenvalue weighted by atomic mass is 9.62. The zero-order chi connectivity index (χ0) is 20.4. The quantitative estimate of drug-likeness (QED) is 0.646. The molecule has 0 radical (unpaired) electrons. The maximum atomic E-state index is 13.3. The maximum absolute atomic E-state index is 13.3. The van der Waals surface area contributed by atoms with Crippen molar-refractivity contribution in [3.05, 3.63) is 60.2 Å². The lowest BCUT2D eigenvalue weighted by Crippen LogP contribution is -2.38. The molecule has 3 rings (SSSR count). The summed E-state index contributed by atoms with van der Waals surface area (Å²) in [6, 6.07) is 8.59. The van der Waals surface area contributed by atoms with Crippen LogP contribution in [0.3, 0.4) is 0 Å². The Morgan fingerprint density at radius 2 is 1.86 bits per heavy atom. The van der Waals surface area contributed by atoms with E-state index in [0.717, 1.165) is 31.4 Å². The van der Waals surface area contributed by atoms with Crippen LogP contribution in [0.15, 0.2) is 49.1 Å². The van der Waals surface area contributed by atoms with Crippen LogP contribution in [0.4, 0.5) is 8.78 Å². The van der Waals surface area contributed by atoms with Crippen LogP contribution in [-0.2, 0) is 6.54 Å². The third kappa shape index (κ3) is 4.72. The molecule has 2 nitrogen and oxygen atoms in total. The minimum Gasteiger partial charge on any atom is -0.395 e. The number of allylic oxidation sites excluding steroid dienone is 1. The number of rotatable bonds is 6. The van der Waals surface area contributed by atoms with E-state index < -0.39 is 5.92 Å². The molecule has 1 saturated carbocycles. The van der Waals surface area contributed by atoms with Crippen molar-refractivity contribution in [2.24, 2.45) is 11.3 Å². The van der Waals surface area contributed by atoms with Gasteiger partial charge in [0.1, 0.15) is 0 Å². The molecule has 0 unspecified atom stereocenters. The standard InChI is InChI=1S/C24H33F2NO/c1-4-23(17-28)10-9-21(18(2)3)22(15-23)20-7-5-19(6-8-20)16-27-13-11-24(25,26)12-14-27/h4-8,21-22,28H,1-2,9-17H2,3H3/t21-,22-,23-/m0/s1. The summed E-state index contributed by atoms with van der Waals surface area (Å²) < 4.78 is 26.7. The van der Waals surface area contributed by atoms with E-state index in [1.165, 1.54) is 11.1 Å². The number of hydrogen-bond donors (Lipinski definition) is 1. The van der Waals surface area contributed by atoms with Crippen molar-refractivity contribution in [1.82, 2.24) is 4.90 Å². The Balaban J connectivity index is 1.71. The summed E-state index contributed by atoms with van der Waals surface area (Å²) in [4.78, 5) is 2.11. The van der Waals surface area contributed by atoms with Gasteiger partial charge in [-0.2, -0.15) is 0 Å². The van der Waals surface area contributed by atoms with Gasteiger partial charge in [0, 0.05) is 37.9 Å². The van der Waals surface area contributed by atoms with Crippen LogP contribution in [-0.4, -0.2) is 35.6 Å². The number of hydrogen-bond acceptors (Lipinski definition) is 2. The van der Waals surface area contributed by atoms with Gasteiger partial charge in [-0.3, -0.25) is 4.90 Å². The largest absolute Gasteiger partial charge is 0.395 e. The fraction of sp³-hybridized carbons (Fsp3) is 0.583. The first-order chi connectivity index (χ1) is 13.3. The Morgan fingerprint density at radius 3 is 2.39 bits per heavy atom. The predicted molar refractivity (Wildman–Crippen MR) is 111 cm³/mol. The van der Waals surface area contributed by atoms with Crippen LogP contribution in [0.25, 0.3) is 0 Å². The number of halogens is 2. The molecule has 2 fully saturated rings. The van der Waals surface area contributed by atoms with Gasteiger partial charge < -0.3 is 5.11 Å². The molecule has 4 heteroatoms. The van der Waals surface area contributed by atoms with E-state index in [0.29, 0.717) is 24.9 Å². The van der Waals surface area contributed by atoms with Gasteiger partial charge in [-0.15, -0.1) is 6.58 Å². The molecule has 2 aliphatic rings. The summed E-state index contributed by atoms with van der Waals surface area (Å²) in [7, 11) is 0. The van der Waals surface area contributed by atoms with Crippen LogP contribution in [0, 0.1) is 11.3 Å². The maximum Gasteiger partial charge on any atom is 0.250 e. The summed E-state index contributed by atoms with van der Waals surface area (Å²) in [6.07, 6.45) is 4.67. The van der Waals surface area contributed by atoms with Crippen molar-refractivity contribution >= 4 is 0 Å². The highest BCUT2D eigenvalue weighted by molar-refractivity contribution is 5.29. The molecule has 1 aromatic rings. The Bertz CT molecular complexity index is 689. The topological polar surface area (TPSA) is 23.5 Å². The van der Waals surface area contributed by atoms with Crippen molar-refractivity contribution in [2.75, 3.05) is 19.7 Å². The minimum absolute atomic E-state index is 0.0434. The number of benzene rings is 1. The van der Waals surface area contributed by atoms with Crippen molar-refractivity contribution < 1.29 is 13.9 Å². The number of likely N-dealkylation sites (tertiary alicyclic amines) is 1. The molecule has 0 bridgehead atoms. The van der Waals surface area contributed by atoms with Crippen molar-refractivity contribution in [3.63, 3.8) is 0 Å². The average Bonchev–Trinajstić information content (AvgIpc) is 2.69. The molecule has 154 valence electrons. The molecule has 28 heavy (non-hydrogen) atoms. The van der Waals surface area contributed by atoms with Gasteiger partial charge in [-0.1, -0.05) is 42.5 Å². The lowest BCUT2D eigenvalue weighted by molar-refractivity contribution is -0.0566. The van der Waals surface area contributed by atoms with E-state index >= 15 is 0 Å². The van der Waals surface area contributed by atoms with E-state index in [2.05, 4.69) is 49.2 Å². The van der Waals surface area contributed by atoms with Crippen LogP contribution in [0.2, 0.25) is 0 Å². The summed E-state index contributed by atoms with van der Waals surface area (Å²) in [5.74, 6) is -1.77. The van der Waals surface area contributed by atoms with Crippen LogP contribution in [0.1, 0.15) is 56.1 Å². The fourth-order valence-electron chi connectivity index (χ4n) is 4.83. The molecule has 1 aliphatic carbocycles. The highest BCUT2D eigenvalue weighted by Gasteiger charge is 2.39. The second-order valence-electron chi connectivity index (χ2n) is 8.90. The first-order valence-electron chi connectivity index (χ1n) is 10.4. The van der Waals surface area contributed by atoms with Gasteiger partial charge in [0.25, 0.3) is 5.92 Å². The molecule has 1 heterocycles. The molecule has 1 N–H and O–H groups in total. The third-order valence-electron chi connectivity index (χ3n) is 6.85. The molecule has 1 aliphatic heterocycles. The van der Waals surface area contributed by atoms with E-state index in [4.69, 9.17) is 0 Å². The predicted octanol–water partition coefficient (Wildman–Crippen LogP) is 5.54. The summed E-state index contributed by atoms with van der Waals surface area (Å²) in [5, 5.41) is 9.94. The summed E-state index contributed by atoms with van der Waals surface area (Å²) in [6.45, 7) is 12.0. The van der Waals surface area contributed by atoms with E-state index in [-0.39, 0.29) is 24.9 Å². The highest BCUT2D eigenvalue weighted by Crippen LogP contribution is 2.49. The molecule has 0 amide bonds. The van der Waals surface area contributed by atoms with E-state index in [1.807, 2.05) is 6.08 Å². The molecular formula is C24H33F2NO. The van der Waals surface area contributed by atoms with E-state index in [1.54, 1.807) is 0 Å². The highest BCUT2D eigenvalue weighted by atomic mass is 19.3. The van der Waals surface area contributed by atoms with Crippen LogP contribution in [0.5, 0.6) is 0 Å². The molecule has 0 spiro atoms. The van der Waals surface area contributed by atoms with Crippen LogP contribution >= 0.6 is 0 Å². The van der Waals surface area contributed by atoms with Crippen LogP contribution < -0.4 is 0 Å². The number of nitrogens with zero attached hydrogens (tertiary/aromatic N) is 1. The van der Waals surface area contributed by atoms with Gasteiger partial charge in [0.05, 0.1) is 6.61 Å². The molecule has 3 atom stereocenters. The summed E-state index contributed by atoms with van der Waals surface area (Å²) >= 11 is 0. The number of aliphatic hydroxyl groups excluding tert-OH is 1. The zero-order valence-electron chi connectivity index (χ0n) is 17.0. The van der Waals surface area contributed by atoms with Crippen molar-refractivity contribution in [3.8, 4) is 0 Å². The minimum atomic E-state index is -2.50. The Hall–Kier alpha value is -1.52. The number of aliphatic hydroxyl groups is 1. The van der Waals surface area contributed by atoms with Crippen molar-refractivity contribution in [2.45, 2.75) is 57.4 Å². The van der Waals surface area contributed by atoms with Gasteiger partial charge in [-0.05, 0) is 49.1 Å². The fourth-order valence-corrected chi connectivity index (χ4v) is 4.83. The van der Waals surface area contributed by atoms with Gasteiger partial charge in [0.2, 0.25) is 0 Å². The first-order valence-corrected chi connectivity index (χ1v) is 10.4. The number of piperidine rings is 1. The molecule has 1 saturated heterocycles. The van der Waals surface area contributed by atoms with Gasteiger partial charge >= 0.3 is 0 Å². The average molecular weight is 390 g/mol. The molecular weight excluding hydrogens is 356 g/mol. The number of alkyl halides is 2. The van der Waals surface area contributed by atoms with Crippen molar-refractivity contribution in [1.29, 1.82) is 0 Å². The monoisotopic (exact) mass is 389 g/mol. The second kappa shape index (κ2) is 8.46. The first kappa shape index (κ1) is 21.2. The molecule has 1 aromatic carbocycles. The Labute approximate surface area is 167 Å². The van der Waals surface area contributed by atoms with Gasteiger partial charge in [0.15, 0.2) is 0 Å². The summed E-state index contributed by atoms with van der Waals surface area (Å²) in [5.41, 5.74) is 3.41. The molecule has 0 aromatic heterocycles. The SMILES string of the molecule is C=C[C@]1(CO)CC[C@@H](C(=C)C)[C@H](c2ccc(CN3CCC(F)(F)CC3)cc2)C1. The third-order valence-corrected chi connectivity index (χ3v) is 6.85.